The van der Waals surface area contributed by atoms with E-state index in [0.717, 1.165) is 15.4 Å². The molecule has 1 N–H and O–H groups in total. The summed E-state index contributed by atoms with van der Waals surface area (Å²) < 4.78 is 28.5. The number of nitrogens with one attached hydrogen (secondary N) is 1. The van der Waals surface area contributed by atoms with E-state index in [0.29, 0.717) is 23.7 Å². The lowest BCUT2D eigenvalue weighted by Gasteiger charge is -2.33. The van der Waals surface area contributed by atoms with Crippen LogP contribution in [0.15, 0.2) is 83.8 Å². The molecule has 1 atom stereocenters. The smallest absolute Gasteiger partial charge is 0.264 e. The zero-order valence-electron chi connectivity index (χ0n) is 21.2. The van der Waals surface area contributed by atoms with Crippen LogP contribution in [-0.4, -0.2) is 44.3 Å². The summed E-state index contributed by atoms with van der Waals surface area (Å²) in [6.07, 6.45) is 0.374. The second-order valence-electron chi connectivity index (χ2n) is 8.57. The maximum Gasteiger partial charge on any atom is 0.264 e. The van der Waals surface area contributed by atoms with Gasteiger partial charge in [-0.1, -0.05) is 61.0 Å². The van der Waals surface area contributed by atoms with Crippen LogP contribution in [0.25, 0.3) is 0 Å². The predicted octanol–water partition coefficient (Wildman–Crippen LogP) is 4.79. The van der Waals surface area contributed by atoms with E-state index in [1.165, 1.54) is 29.2 Å². The Morgan fingerprint density at radius 3 is 2.14 bits per heavy atom. The lowest BCUT2D eigenvalue weighted by Crippen LogP contribution is -2.52. The van der Waals surface area contributed by atoms with Crippen molar-refractivity contribution in [2.24, 2.45) is 0 Å². The van der Waals surface area contributed by atoms with Gasteiger partial charge in [-0.05, 0) is 67.8 Å². The summed E-state index contributed by atoms with van der Waals surface area (Å²) >= 11 is 5.97. The number of aryl methyl sites for hydroxylation is 1. The minimum atomic E-state index is -4.12. The first-order chi connectivity index (χ1) is 17.7. The van der Waals surface area contributed by atoms with E-state index in [1.807, 2.05) is 45.0 Å². The van der Waals surface area contributed by atoms with E-state index in [1.54, 1.807) is 30.3 Å². The van der Waals surface area contributed by atoms with Crippen molar-refractivity contribution in [1.29, 1.82) is 0 Å². The number of hydrogen-bond donors (Lipinski definition) is 1. The molecule has 2 amide bonds. The van der Waals surface area contributed by atoms with Crippen LogP contribution in [-0.2, 0) is 26.2 Å². The highest BCUT2D eigenvalue weighted by Gasteiger charge is 2.33. The number of carbonyl (C=O) groups is 2. The number of para-hydroxylation sites is 1. The van der Waals surface area contributed by atoms with Crippen LogP contribution >= 0.6 is 11.6 Å². The van der Waals surface area contributed by atoms with Crippen LogP contribution in [0.4, 0.5) is 5.69 Å². The fraction of sp³-hybridized carbons (Fsp3) is 0.286. The summed E-state index contributed by atoms with van der Waals surface area (Å²) in [6, 6.07) is 21.1. The van der Waals surface area contributed by atoms with Crippen molar-refractivity contribution in [3.8, 4) is 0 Å². The van der Waals surface area contributed by atoms with Gasteiger partial charge in [-0.15, -0.1) is 0 Å². The Morgan fingerprint density at radius 1 is 0.919 bits per heavy atom. The van der Waals surface area contributed by atoms with Gasteiger partial charge in [0.25, 0.3) is 10.0 Å². The standard InChI is InChI=1S/C28H32ClN3O4S/c1-4-26(28(34)30-5-2)31(19-22-12-10-9-11-21(22)3)27(33)20-32(24-13-7-6-8-14-24)37(35,36)25-17-15-23(29)16-18-25/h6-18,26H,4-5,19-20H2,1-3H3,(H,30,34)/t26-/m1/s1. The molecule has 0 fully saturated rings. The maximum absolute atomic E-state index is 13.9. The molecule has 9 heteroatoms. The van der Waals surface area contributed by atoms with Gasteiger partial charge in [-0.3, -0.25) is 13.9 Å². The highest BCUT2D eigenvalue weighted by atomic mass is 35.5. The molecular weight excluding hydrogens is 510 g/mol. The summed E-state index contributed by atoms with van der Waals surface area (Å²) in [6.45, 7) is 5.70. The summed E-state index contributed by atoms with van der Waals surface area (Å²) in [5.74, 6) is -0.762. The van der Waals surface area contributed by atoms with Gasteiger partial charge in [0.1, 0.15) is 12.6 Å². The molecule has 0 saturated carbocycles. The Kier molecular flexibility index (Phi) is 9.72. The minimum Gasteiger partial charge on any atom is -0.355 e. The van der Waals surface area contributed by atoms with Gasteiger partial charge in [0.05, 0.1) is 10.6 Å². The molecule has 0 spiro atoms. The van der Waals surface area contributed by atoms with Crippen LogP contribution in [0, 0.1) is 6.92 Å². The zero-order chi connectivity index (χ0) is 27.0. The molecule has 0 saturated heterocycles. The van der Waals surface area contributed by atoms with E-state index in [4.69, 9.17) is 11.6 Å². The number of carbonyl (C=O) groups excluding carboxylic acids is 2. The first-order valence-electron chi connectivity index (χ1n) is 12.1. The van der Waals surface area contributed by atoms with Crippen molar-refractivity contribution in [2.75, 3.05) is 17.4 Å². The fourth-order valence-corrected chi connectivity index (χ4v) is 5.58. The Labute approximate surface area is 224 Å². The van der Waals surface area contributed by atoms with E-state index in [-0.39, 0.29) is 17.3 Å². The third kappa shape index (κ3) is 6.90. The van der Waals surface area contributed by atoms with Crippen LogP contribution in [0.3, 0.4) is 0 Å². The molecule has 0 heterocycles. The Hall–Kier alpha value is -3.36. The van der Waals surface area contributed by atoms with Gasteiger partial charge in [0.15, 0.2) is 0 Å². The molecule has 0 radical (unpaired) electrons. The average Bonchev–Trinajstić information content (AvgIpc) is 2.89. The largest absolute Gasteiger partial charge is 0.355 e. The van der Waals surface area contributed by atoms with Crippen molar-refractivity contribution in [1.82, 2.24) is 10.2 Å². The van der Waals surface area contributed by atoms with Crippen molar-refractivity contribution in [3.05, 3.63) is 95.0 Å². The van der Waals surface area contributed by atoms with Gasteiger partial charge >= 0.3 is 0 Å². The number of amides is 2. The second kappa shape index (κ2) is 12.7. The van der Waals surface area contributed by atoms with Crippen molar-refractivity contribution >= 4 is 39.1 Å². The molecular formula is C28H32ClN3O4S. The van der Waals surface area contributed by atoms with E-state index < -0.39 is 28.5 Å². The normalized spacial score (nSPS) is 12.0. The molecule has 3 rings (SSSR count). The molecule has 3 aromatic rings. The molecule has 0 unspecified atom stereocenters. The first kappa shape index (κ1) is 28.2. The third-order valence-electron chi connectivity index (χ3n) is 6.06. The number of sulfonamides is 1. The average molecular weight is 542 g/mol. The predicted molar refractivity (Wildman–Crippen MR) is 147 cm³/mol. The van der Waals surface area contributed by atoms with Crippen molar-refractivity contribution in [2.45, 2.75) is 44.7 Å². The summed E-state index contributed by atoms with van der Waals surface area (Å²) in [7, 11) is -4.12. The summed E-state index contributed by atoms with van der Waals surface area (Å²) in [4.78, 5) is 28.3. The fourth-order valence-electron chi connectivity index (χ4n) is 4.04. The maximum atomic E-state index is 13.9. The van der Waals surface area contributed by atoms with Gasteiger partial charge in [0, 0.05) is 18.1 Å². The van der Waals surface area contributed by atoms with Crippen LogP contribution < -0.4 is 9.62 Å². The van der Waals surface area contributed by atoms with Crippen LogP contribution in [0.2, 0.25) is 5.02 Å². The topological polar surface area (TPSA) is 86.8 Å². The van der Waals surface area contributed by atoms with Gasteiger partial charge in [-0.2, -0.15) is 0 Å². The summed E-state index contributed by atoms with van der Waals surface area (Å²) in [5.41, 5.74) is 2.19. The number of likely N-dealkylation sites (N-methyl/N-ethyl adjacent to an activating group) is 1. The molecule has 3 aromatic carbocycles. The van der Waals surface area contributed by atoms with Gasteiger partial charge in [0.2, 0.25) is 11.8 Å². The van der Waals surface area contributed by atoms with Gasteiger partial charge in [-0.25, -0.2) is 8.42 Å². The SMILES string of the molecule is CCNC(=O)[C@@H](CC)N(Cc1ccccc1C)C(=O)CN(c1ccccc1)S(=O)(=O)c1ccc(Cl)cc1. The minimum absolute atomic E-state index is 0.00905. The Balaban J connectivity index is 2.04. The lowest BCUT2D eigenvalue weighted by atomic mass is 10.1. The zero-order valence-corrected chi connectivity index (χ0v) is 22.8. The van der Waals surface area contributed by atoms with Crippen molar-refractivity contribution < 1.29 is 18.0 Å². The third-order valence-corrected chi connectivity index (χ3v) is 8.10. The Morgan fingerprint density at radius 2 is 1.54 bits per heavy atom. The van der Waals surface area contributed by atoms with E-state index >= 15 is 0 Å². The first-order valence-corrected chi connectivity index (χ1v) is 14.0. The highest BCUT2D eigenvalue weighted by Crippen LogP contribution is 2.25. The number of halogens is 1. The van der Waals surface area contributed by atoms with E-state index in [2.05, 4.69) is 5.32 Å². The molecule has 0 aromatic heterocycles. The van der Waals surface area contributed by atoms with Crippen LogP contribution in [0.1, 0.15) is 31.4 Å². The molecule has 0 aliphatic heterocycles. The molecule has 0 aliphatic carbocycles. The van der Waals surface area contributed by atoms with Crippen molar-refractivity contribution in [3.63, 3.8) is 0 Å². The second-order valence-corrected chi connectivity index (χ2v) is 10.9. The van der Waals surface area contributed by atoms with Crippen LogP contribution in [0.5, 0.6) is 0 Å². The lowest BCUT2D eigenvalue weighted by molar-refractivity contribution is -0.140. The number of anilines is 1. The number of hydrogen-bond acceptors (Lipinski definition) is 4. The molecule has 196 valence electrons. The Bertz CT molecular complexity index is 1310. The quantitative estimate of drug-likeness (QED) is 0.378. The molecule has 0 bridgehead atoms. The number of rotatable bonds is 11. The number of benzene rings is 3. The molecule has 7 nitrogen and oxygen atoms in total. The summed E-state index contributed by atoms with van der Waals surface area (Å²) in [5, 5.41) is 3.20. The van der Waals surface area contributed by atoms with Gasteiger partial charge < -0.3 is 10.2 Å². The highest BCUT2D eigenvalue weighted by molar-refractivity contribution is 7.92. The monoisotopic (exact) mass is 541 g/mol. The molecule has 0 aliphatic rings. The molecule has 37 heavy (non-hydrogen) atoms. The number of nitrogens with zero attached hydrogens (tertiary/aromatic N) is 2. The van der Waals surface area contributed by atoms with E-state index in [9.17, 15) is 18.0 Å².